The number of thioether (sulfide) groups is 1. The number of nitrogens with one attached hydrogen (secondary N) is 1. The van der Waals surface area contributed by atoms with E-state index in [1.165, 1.54) is 17.8 Å². The molecule has 1 aromatic heterocycles. The van der Waals surface area contributed by atoms with Crippen LogP contribution in [-0.4, -0.2) is 34.8 Å². The van der Waals surface area contributed by atoms with Gasteiger partial charge in [0.1, 0.15) is 10.7 Å². The van der Waals surface area contributed by atoms with Crippen molar-refractivity contribution in [3.8, 4) is 0 Å². The van der Waals surface area contributed by atoms with Gasteiger partial charge < -0.3 is 10.4 Å². The van der Waals surface area contributed by atoms with Crippen LogP contribution in [0.3, 0.4) is 0 Å². The molecule has 6 heteroatoms. The van der Waals surface area contributed by atoms with E-state index in [9.17, 15) is 9.59 Å². The molecule has 19 heavy (non-hydrogen) atoms. The SMILES string of the molecule is CNC(=O)CSc1nc(C(=O)O)cc2ccccc12. The number of aromatic carboxylic acids is 1. The third-order valence-corrected chi connectivity index (χ3v) is 3.53. The molecule has 0 atom stereocenters. The predicted octanol–water partition coefficient (Wildman–Crippen LogP) is 1.77. The molecule has 5 nitrogen and oxygen atoms in total. The molecule has 98 valence electrons. The first-order valence-corrected chi connectivity index (χ1v) is 6.57. The van der Waals surface area contributed by atoms with E-state index in [4.69, 9.17) is 5.11 Å². The minimum absolute atomic E-state index is 0.0156. The van der Waals surface area contributed by atoms with E-state index in [1.807, 2.05) is 24.3 Å². The van der Waals surface area contributed by atoms with E-state index < -0.39 is 5.97 Å². The van der Waals surface area contributed by atoms with Crippen LogP contribution < -0.4 is 5.32 Å². The van der Waals surface area contributed by atoms with Crippen LogP contribution in [0.1, 0.15) is 10.5 Å². The van der Waals surface area contributed by atoms with E-state index >= 15 is 0 Å². The van der Waals surface area contributed by atoms with E-state index in [0.717, 1.165) is 10.8 Å². The zero-order valence-electron chi connectivity index (χ0n) is 10.2. The smallest absolute Gasteiger partial charge is 0.354 e. The molecule has 2 aromatic rings. The van der Waals surface area contributed by atoms with Crippen molar-refractivity contribution in [3.63, 3.8) is 0 Å². The molecule has 0 spiro atoms. The minimum atomic E-state index is -1.08. The molecule has 0 aliphatic rings. The Labute approximate surface area is 114 Å². The third kappa shape index (κ3) is 3.03. The van der Waals surface area contributed by atoms with Crippen LogP contribution in [0.25, 0.3) is 10.8 Å². The number of benzene rings is 1. The molecule has 0 unspecified atom stereocenters. The average Bonchev–Trinajstić information content (AvgIpc) is 2.43. The maximum Gasteiger partial charge on any atom is 0.354 e. The van der Waals surface area contributed by atoms with Gasteiger partial charge in [-0.3, -0.25) is 4.79 Å². The van der Waals surface area contributed by atoms with Crippen molar-refractivity contribution in [2.45, 2.75) is 5.03 Å². The Morgan fingerprint density at radius 2 is 2.11 bits per heavy atom. The lowest BCUT2D eigenvalue weighted by Crippen LogP contribution is -2.19. The highest BCUT2D eigenvalue weighted by Crippen LogP contribution is 2.26. The molecule has 1 aromatic carbocycles. The molecule has 0 saturated carbocycles. The molecule has 0 radical (unpaired) electrons. The van der Waals surface area contributed by atoms with E-state index in [0.29, 0.717) is 5.03 Å². The highest BCUT2D eigenvalue weighted by molar-refractivity contribution is 8.00. The summed E-state index contributed by atoms with van der Waals surface area (Å²) in [5, 5.41) is 13.8. The second kappa shape index (κ2) is 5.71. The molecule has 0 aliphatic heterocycles. The summed E-state index contributed by atoms with van der Waals surface area (Å²) in [6.07, 6.45) is 0. The van der Waals surface area contributed by atoms with Crippen LogP contribution in [0.15, 0.2) is 35.4 Å². The number of hydrogen-bond donors (Lipinski definition) is 2. The van der Waals surface area contributed by atoms with Gasteiger partial charge in [0.2, 0.25) is 5.91 Å². The number of carbonyl (C=O) groups excluding carboxylic acids is 1. The van der Waals surface area contributed by atoms with Crippen LogP contribution in [0.5, 0.6) is 0 Å². The van der Waals surface area contributed by atoms with E-state index in [2.05, 4.69) is 10.3 Å². The molecular weight excluding hydrogens is 264 g/mol. The van der Waals surface area contributed by atoms with Gasteiger partial charge in [0, 0.05) is 12.4 Å². The maximum absolute atomic E-state index is 11.3. The number of amides is 1. The van der Waals surface area contributed by atoms with Crippen LogP contribution in [0, 0.1) is 0 Å². The van der Waals surface area contributed by atoms with Crippen molar-refractivity contribution in [1.82, 2.24) is 10.3 Å². The number of carboxylic acids is 1. The summed E-state index contributed by atoms with van der Waals surface area (Å²) in [5.74, 6) is -1.000. The first kappa shape index (κ1) is 13.4. The summed E-state index contributed by atoms with van der Waals surface area (Å²) >= 11 is 1.23. The summed E-state index contributed by atoms with van der Waals surface area (Å²) in [7, 11) is 1.56. The normalized spacial score (nSPS) is 10.4. The predicted molar refractivity (Wildman–Crippen MR) is 73.5 cm³/mol. The molecule has 0 saturated heterocycles. The molecule has 0 bridgehead atoms. The van der Waals surface area contributed by atoms with Gasteiger partial charge in [-0.25, -0.2) is 9.78 Å². The topological polar surface area (TPSA) is 79.3 Å². The van der Waals surface area contributed by atoms with Crippen LogP contribution in [-0.2, 0) is 4.79 Å². The lowest BCUT2D eigenvalue weighted by molar-refractivity contribution is -0.118. The number of nitrogens with zero attached hydrogens (tertiary/aromatic N) is 1. The quantitative estimate of drug-likeness (QED) is 0.832. The highest BCUT2D eigenvalue weighted by atomic mass is 32.2. The first-order chi connectivity index (χ1) is 9.11. The van der Waals surface area contributed by atoms with Crippen LogP contribution in [0.2, 0.25) is 0 Å². The number of pyridine rings is 1. The van der Waals surface area contributed by atoms with E-state index in [-0.39, 0.29) is 17.4 Å². The van der Waals surface area contributed by atoms with Gasteiger partial charge in [0.25, 0.3) is 0 Å². The summed E-state index contributed by atoms with van der Waals surface area (Å²) in [6, 6.07) is 8.91. The fourth-order valence-electron chi connectivity index (χ4n) is 1.59. The van der Waals surface area contributed by atoms with Gasteiger partial charge in [-0.15, -0.1) is 0 Å². The Morgan fingerprint density at radius 3 is 2.79 bits per heavy atom. The fourth-order valence-corrected chi connectivity index (χ4v) is 2.51. The molecule has 2 rings (SSSR count). The van der Waals surface area contributed by atoms with Crippen molar-refractivity contribution in [3.05, 3.63) is 36.0 Å². The minimum Gasteiger partial charge on any atom is -0.477 e. The van der Waals surface area contributed by atoms with Crippen molar-refractivity contribution in [2.24, 2.45) is 0 Å². The fraction of sp³-hybridized carbons (Fsp3) is 0.154. The summed E-state index contributed by atoms with van der Waals surface area (Å²) in [6.45, 7) is 0. The van der Waals surface area contributed by atoms with Crippen LogP contribution in [0.4, 0.5) is 0 Å². The third-order valence-electron chi connectivity index (χ3n) is 2.54. The Kier molecular flexibility index (Phi) is 4.01. The Bertz CT molecular complexity index is 643. The van der Waals surface area contributed by atoms with E-state index in [1.54, 1.807) is 7.05 Å². The zero-order valence-corrected chi connectivity index (χ0v) is 11.0. The molecule has 2 N–H and O–H groups in total. The summed E-state index contributed by atoms with van der Waals surface area (Å²) < 4.78 is 0. The van der Waals surface area contributed by atoms with Gasteiger partial charge in [0.05, 0.1) is 5.75 Å². The molecular formula is C13H12N2O3S. The maximum atomic E-state index is 11.3. The molecule has 0 fully saturated rings. The van der Waals surface area contributed by atoms with Gasteiger partial charge in [-0.1, -0.05) is 36.0 Å². The van der Waals surface area contributed by atoms with Crippen molar-refractivity contribution >= 4 is 34.4 Å². The standard InChI is InChI=1S/C13H12N2O3S/c1-14-11(16)7-19-12-9-5-3-2-4-8(9)6-10(15-12)13(17)18/h2-6H,7H2,1H3,(H,14,16)(H,17,18). The Hall–Kier alpha value is -2.08. The highest BCUT2D eigenvalue weighted by Gasteiger charge is 2.12. The number of fused-ring (bicyclic) bond motifs is 1. The lowest BCUT2D eigenvalue weighted by Gasteiger charge is -2.06. The number of aromatic nitrogens is 1. The largest absolute Gasteiger partial charge is 0.477 e. The Morgan fingerprint density at radius 1 is 1.37 bits per heavy atom. The van der Waals surface area contributed by atoms with Gasteiger partial charge in [-0.2, -0.15) is 0 Å². The van der Waals surface area contributed by atoms with Gasteiger partial charge >= 0.3 is 5.97 Å². The van der Waals surface area contributed by atoms with Gasteiger partial charge in [0.15, 0.2) is 0 Å². The number of carbonyl (C=O) groups is 2. The van der Waals surface area contributed by atoms with Crippen molar-refractivity contribution < 1.29 is 14.7 Å². The van der Waals surface area contributed by atoms with Crippen molar-refractivity contribution in [2.75, 3.05) is 12.8 Å². The zero-order chi connectivity index (χ0) is 13.8. The molecule has 1 heterocycles. The second-order valence-electron chi connectivity index (χ2n) is 3.80. The molecule has 1 amide bonds. The number of hydrogen-bond acceptors (Lipinski definition) is 4. The summed E-state index contributed by atoms with van der Waals surface area (Å²) in [5.41, 5.74) is -0.0156. The summed E-state index contributed by atoms with van der Waals surface area (Å²) in [4.78, 5) is 26.4. The Balaban J connectivity index is 2.44. The van der Waals surface area contributed by atoms with Crippen LogP contribution >= 0.6 is 11.8 Å². The number of rotatable bonds is 4. The first-order valence-electron chi connectivity index (χ1n) is 5.58. The molecule has 0 aliphatic carbocycles. The average molecular weight is 276 g/mol. The lowest BCUT2D eigenvalue weighted by atomic mass is 10.1. The number of carboxylic acid groups (broad SMARTS) is 1. The second-order valence-corrected chi connectivity index (χ2v) is 4.76. The monoisotopic (exact) mass is 276 g/mol. The van der Waals surface area contributed by atoms with Gasteiger partial charge in [-0.05, 0) is 11.5 Å². The van der Waals surface area contributed by atoms with Crippen molar-refractivity contribution in [1.29, 1.82) is 0 Å².